The zero-order valence-electron chi connectivity index (χ0n) is 6.84. The highest BCUT2D eigenvalue weighted by atomic mass is 16.1. The van der Waals surface area contributed by atoms with Gasteiger partial charge >= 0.3 is 0 Å². The minimum atomic E-state index is 0.296. The fourth-order valence-electron chi connectivity index (χ4n) is 1.84. The highest BCUT2D eigenvalue weighted by molar-refractivity contribution is 5.53. The normalized spacial score (nSPS) is 35.8. The van der Waals surface area contributed by atoms with Crippen molar-refractivity contribution < 1.29 is 4.79 Å². The molecule has 1 nitrogen and oxygen atoms in total. The molecular weight excluding hydrogens is 124 g/mol. The van der Waals surface area contributed by atoms with Gasteiger partial charge in [0.25, 0.3) is 0 Å². The number of aldehydes is 1. The Labute approximate surface area is 62.8 Å². The molecule has 10 heavy (non-hydrogen) atoms. The van der Waals surface area contributed by atoms with E-state index in [1.165, 1.54) is 19.3 Å². The van der Waals surface area contributed by atoms with Crippen LogP contribution < -0.4 is 0 Å². The summed E-state index contributed by atoms with van der Waals surface area (Å²) < 4.78 is 0. The van der Waals surface area contributed by atoms with Crippen LogP contribution in [-0.2, 0) is 4.79 Å². The third-order valence-electron chi connectivity index (χ3n) is 2.69. The Balaban J connectivity index is 2.36. The van der Waals surface area contributed by atoms with Gasteiger partial charge in [-0.15, -0.1) is 0 Å². The molecule has 1 aliphatic carbocycles. The maximum absolute atomic E-state index is 10.4. The van der Waals surface area contributed by atoms with Gasteiger partial charge in [-0.1, -0.05) is 20.3 Å². The molecule has 0 aliphatic heterocycles. The van der Waals surface area contributed by atoms with Crippen LogP contribution >= 0.6 is 0 Å². The van der Waals surface area contributed by atoms with Crippen molar-refractivity contribution in [3.63, 3.8) is 0 Å². The largest absolute Gasteiger partial charge is 0.303 e. The van der Waals surface area contributed by atoms with Gasteiger partial charge in [-0.3, -0.25) is 0 Å². The molecule has 0 bridgehead atoms. The van der Waals surface area contributed by atoms with E-state index in [1.807, 2.05) is 6.92 Å². The number of hydrogen-bond acceptors (Lipinski definition) is 1. The summed E-state index contributed by atoms with van der Waals surface area (Å²) in [5.41, 5.74) is 0. The van der Waals surface area contributed by atoms with E-state index < -0.39 is 0 Å². The molecule has 58 valence electrons. The molecule has 1 aliphatic rings. The predicted octanol–water partition coefficient (Wildman–Crippen LogP) is 2.26. The van der Waals surface area contributed by atoms with Crippen molar-refractivity contribution in [3.05, 3.63) is 0 Å². The Morgan fingerprint density at radius 2 is 2.20 bits per heavy atom. The summed E-state index contributed by atoms with van der Waals surface area (Å²) >= 11 is 0. The first-order chi connectivity index (χ1) is 4.74. The molecule has 1 saturated carbocycles. The lowest BCUT2D eigenvalue weighted by molar-refractivity contribution is -0.111. The van der Waals surface area contributed by atoms with Crippen LogP contribution in [0.2, 0.25) is 0 Å². The van der Waals surface area contributed by atoms with Crippen molar-refractivity contribution in [1.29, 1.82) is 0 Å². The van der Waals surface area contributed by atoms with Gasteiger partial charge in [0, 0.05) is 5.92 Å². The van der Waals surface area contributed by atoms with Gasteiger partial charge in [-0.05, 0) is 24.7 Å². The van der Waals surface area contributed by atoms with Gasteiger partial charge in [-0.2, -0.15) is 0 Å². The summed E-state index contributed by atoms with van der Waals surface area (Å²) in [6, 6.07) is 0. The number of rotatable bonds is 2. The Morgan fingerprint density at radius 3 is 2.60 bits per heavy atom. The van der Waals surface area contributed by atoms with E-state index in [1.54, 1.807) is 0 Å². The molecular formula is C9H16O. The average Bonchev–Trinajstić information content (AvgIpc) is 2.34. The van der Waals surface area contributed by atoms with Gasteiger partial charge in [0.05, 0.1) is 0 Å². The smallest absolute Gasteiger partial charge is 0.123 e. The number of carbonyl (C=O) groups is 1. The molecule has 0 N–H and O–H groups in total. The highest BCUT2D eigenvalue weighted by Gasteiger charge is 2.25. The topological polar surface area (TPSA) is 17.1 Å². The molecule has 0 spiro atoms. The van der Waals surface area contributed by atoms with Gasteiger partial charge < -0.3 is 4.79 Å². The van der Waals surface area contributed by atoms with Crippen LogP contribution in [0.4, 0.5) is 0 Å². The molecule has 3 unspecified atom stereocenters. The SMILES string of the molecule is CC1CCC(C(C)C=O)C1. The maximum Gasteiger partial charge on any atom is 0.123 e. The fraction of sp³-hybridized carbons (Fsp3) is 0.889. The molecule has 0 heterocycles. The minimum Gasteiger partial charge on any atom is -0.303 e. The van der Waals surface area contributed by atoms with Crippen molar-refractivity contribution in [2.75, 3.05) is 0 Å². The second kappa shape index (κ2) is 3.18. The molecule has 1 heteroatoms. The Morgan fingerprint density at radius 1 is 1.50 bits per heavy atom. The minimum absolute atomic E-state index is 0.296. The molecule has 1 rings (SSSR count). The van der Waals surface area contributed by atoms with Crippen LogP contribution in [0.3, 0.4) is 0 Å². The summed E-state index contributed by atoms with van der Waals surface area (Å²) in [4.78, 5) is 10.4. The molecule has 0 aromatic heterocycles. The molecule has 0 aromatic carbocycles. The van der Waals surface area contributed by atoms with Crippen LogP contribution in [0.15, 0.2) is 0 Å². The van der Waals surface area contributed by atoms with Gasteiger partial charge in [-0.25, -0.2) is 0 Å². The third kappa shape index (κ3) is 1.59. The first kappa shape index (κ1) is 7.77. The van der Waals surface area contributed by atoms with Crippen molar-refractivity contribution in [3.8, 4) is 0 Å². The highest BCUT2D eigenvalue weighted by Crippen LogP contribution is 2.34. The van der Waals surface area contributed by atoms with E-state index in [4.69, 9.17) is 0 Å². The first-order valence-corrected chi connectivity index (χ1v) is 4.19. The van der Waals surface area contributed by atoms with E-state index in [0.29, 0.717) is 11.8 Å². The van der Waals surface area contributed by atoms with Crippen LogP contribution in [0.25, 0.3) is 0 Å². The molecule has 0 radical (unpaired) electrons. The Hall–Kier alpha value is -0.330. The summed E-state index contributed by atoms with van der Waals surface area (Å²) in [7, 11) is 0. The summed E-state index contributed by atoms with van der Waals surface area (Å²) in [5, 5.41) is 0. The van der Waals surface area contributed by atoms with E-state index in [2.05, 4.69) is 6.92 Å². The lowest BCUT2D eigenvalue weighted by Gasteiger charge is -2.11. The number of carbonyl (C=O) groups excluding carboxylic acids is 1. The lowest BCUT2D eigenvalue weighted by atomic mass is 9.93. The van der Waals surface area contributed by atoms with Crippen LogP contribution in [0.5, 0.6) is 0 Å². The van der Waals surface area contributed by atoms with E-state index in [9.17, 15) is 4.79 Å². The van der Waals surface area contributed by atoms with Gasteiger partial charge in [0.2, 0.25) is 0 Å². The summed E-state index contributed by atoms with van der Waals surface area (Å²) in [5.74, 6) is 1.84. The Bertz CT molecular complexity index is 120. The second-order valence-corrected chi connectivity index (χ2v) is 3.67. The van der Waals surface area contributed by atoms with Crippen molar-refractivity contribution in [2.45, 2.75) is 33.1 Å². The van der Waals surface area contributed by atoms with Crippen molar-refractivity contribution in [1.82, 2.24) is 0 Å². The predicted molar refractivity (Wildman–Crippen MR) is 41.7 cm³/mol. The van der Waals surface area contributed by atoms with Crippen LogP contribution in [-0.4, -0.2) is 6.29 Å². The summed E-state index contributed by atoms with van der Waals surface area (Å²) in [6.45, 7) is 4.31. The second-order valence-electron chi connectivity index (χ2n) is 3.67. The molecule has 0 amide bonds. The van der Waals surface area contributed by atoms with Crippen molar-refractivity contribution in [2.24, 2.45) is 17.8 Å². The summed E-state index contributed by atoms with van der Waals surface area (Å²) in [6.07, 6.45) is 4.95. The monoisotopic (exact) mass is 140 g/mol. The fourth-order valence-corrected chi connectivity index (χ4v) is 1.84. The van der Waals surface area contributed by atoms with E-state index >= 15 is 0 Å². The lowest BCUT2D eigenvalue weighted by Crippen LogP contribution is -2.08. The van der Waals surface area contributed by atoms with Gasteiger partial charge in [0.1, 0.15) is 6.29 Å². The zero-order chi connectivity index (χ0) is 7.56. The average molecular weight is 140 g/mol. The molecule has 1 fully saturated rings. The van der Waals surface area contributed by atoms with Crippen LogP contribution in [0, 0.1) is 17.8 Å². The van der Waals surface area contributed by atoms with E-state index in [-0.39, 0.29) is 0 Å². The van der Waals surface area contributed by atoms with Gasteiger partial charge in [0.15, 0.2) is 0 Å². The van der Waals surface area contributed by atoms with E-state index in [0.717, 1.165) is 12.2 Å². The van der Waals surface area contributed by atoms with Crippen LogP contribution in [0.1, 0.15) is 33.1 Å². The standard InChI is InChI=1S/C9H16O/c1-7-3-4-9(5-7)8(2)6-10/h6-9H,3-5H2,1-2H3. The Kier molecular flexibility index (Phi) is 2.47. The molecule has 3 atom stereocenters. The maximum atomic E-state index is 10.4. The quantitative estimate of drug-likeness (QED) is 0.538. The first-order valence-electron chi connectivity index (χ1n) is 4.19. The third-order valence-corrected chi connectivity index (χ3v) is 2.69. The molecule has 0 saturated heterocycles. The van der Waals surface area contributed by atoms with Crippen molar-refractivity contribution >= 4 is 6.29 Å². The zero-order valence-corrected chi connectivity index (χ0v) is 6.84. The molecule has 0 aromatic rings. The number of hydrogen-bond donors (Lipinski definition) is 0.